The van der Waals surface area contributed by atoms with Gasteiger partial charge in [0, 0.05) is 11.9 Å². The summed E-state index contributed by atoms with van der Waals surface area (Å²) in [6.45, 7) is 3.94. The molecule has 0 fully saturated rings. The van der Waals surface area contributed by atoms with Gasteiger partial charge in [0.1, 0.15) is 12.4 Å². The predicted molar refractivity (Wildman–Crippen MR) is 65.5 cm³/mol. The molecule has 0 heterocycles. The summed E-state index contributed by atoms with van der Waals surface area (Å²) in [5, 5.41) is 0. The van der Waals surface area contributed by atoms with E-state index >= 15 is 0 Å². The summed E-state index contributed by atoms with van der Waals surface area (Å²) < 4.78 is 27.3. The van der Waals surface area contributed by atoms with Gasteiger partial charge in [0.15, 0.2) is 9.84 Å². The molecule has 0 aliphatic heterocycles. The quantitative estimate of drug-likeness (QED) is 0.809. The molecular weight excluding hydrogens is 226 g/mol. The van der Waals surface area contributed by atoms with Crippen molar-refractivity contribution in [2.24, 2.45) is 0 Å². The van der Waals surface area contributed by atoms with Crippen LogP contribution in [0.1, 0.15) is 11.1 Å². The minimum atomic E-state index is -2.98. The van der Waals surface area contributed by atoms with Crippen LogP contribution in [-0.2, 0) is 9.84 Å². The summed E-state index contributed by atoms with van der Waals surface area (Å²) in [7, 11) is -2.98. The van der Waals surface area contributed by atoms with Gasteiger partial charge < -0.3 is 10.5 Å². The average molecular weight is 243 g/mol. The van der Waals surface area contributed by atoms with E-state index in [4.69, 9.17) is 10.5 Å². The molecule has 0 spiro atoms. The van der Waals surface area contributed by atoms with E-state index in [0.29, 0.717) is 11.4 Å². The Balaban J connectivity index is 2.71. The van der Waals surface area contributed by atoms with Crippen molar-refractivity contribution in [3.8, 4) is 5.75 Å². The molecule has 2 N–H and O–H groups in total. The summed E-state index contributed by atoms with van der Waals surface area (Å²) in [6, 6.07) is 3.65. The van der Waals surface area contributed by atoms with Crippen LogP contribution in [0.15, 0.2) is 12.1 Å². The molecule has 5 heteroatoms. The standard InChI is InChI=1S/C11H17NO3S/c1-8-7-11(9(2)6-10(8)12)15-4-5-16(3,13)14/h6-7H,4-5,12H2,1-3H3. The molecule has 16 heavy (non-hydrogen) atoms. The number of rotatable bonds is 4. The van der Waals surface area contributed by atoms with Crippen LogP contribution in [0.5, 0.6) is 5.75 Å². The van der Waals surface area contributed by atoms with E-state index in [0.717, 1.165) is 11.1 Å². The molecule has 0 saturated carbocycles. The number of benzene rings is 1. The van der Waals surface area contributed by atoms with Crippen LogP contribution in [0.25, 0.3) is 0 Å². The maximum atomic E-state index is 10.9. The van der Waals surface area contributed by atoms with Gasteiger partial charge in [-0.2, -0.15) is 0 Å². The number of nitrogen functional groups attached to an aromatic ring is 1. The lowest BCUT2D eigenvalue weighted by Gasteiger charge is -2.11. The molecule has 1 aromatic rings. The Morgan fingerprint density at radius 1 is 1.25 bits per heavy atom. The number of hydrogen-bond donors (Lipinski definition) is 1. The summed E-state index contributed by atoms with van der Waals surface area (Å²) >= 11 is 0. The molecule has 1 rings (SSSR count). The van der Waals surface area contributed by atoms with Gasteiger partial charge in [-0.3, -0.25) is 0 Å². The largest absolute Gasteiger partial charge is 0.492 e. The fraction of sp³-hybridized carbons (Fsp3) is 0.455. The Hall–Kier alpha value is -1.23. The molecule has 0 atom stereocenters. The third kappa shape index (κ3) is 3.73. The van der Waals surface area contributed by atoms with Gasteiger partial charge in [-0.05, 0) is 37.1 Å². The van der Waals surface area contributed by atoms with Crippen LogP contribution in [0, 0.1) is 13.8 Å². The van der Waals surface area contributed by atoms with Crippen molar-refractivity contribution >= 4 is 15.5 Å². The molecule has 0 aromatic heterocycles. The molecule has 0 radical (unpaired) electrons. The highest BCUT2D eigenvalue weighted by atomic mass is 32.2. The van der Waals surface area contributed by atoms with Crippen molar-refractivity contribution in [3.63, 3.8) is 0 Å². The molecule has 0 saturated heterocycles. The first-order chi connectivity index (χ1) is 7.29. The second kappa shape index (κ2) is 4.74. The van der Waals surface area contributed by atoms with Crippen LogP contribution >= 0.6 is 0 Å². The summed E-state index contributed by atoms with van der Waals surface area (Å²) in [5.74, 6) is 0.714. The van der Waals surface area contributed by atoms with Crippen LogP contribution in [0.2, 0.25) is 0 Å². The highest BCUT2D eigenvalue weighted by Gasteiger charge is 2.06. The molecule has 90 valence electrons. The van der Waals surface area contributed by atoms with Gasteiger partial charge in [-0.1, -0.05) is 0 Å². The van der Waals surface area contributed by atoms with Crippen molar-refractivity contribution in [3.05, 3.63) is 23.3 Å². The SMILES string of the molecule is Cc1cc(OCCS(C)(=O)=O)c(C)cc1N. The number of aryl methyl sites for hydroxylation is 2. The highest BCUT2D eigenvalue weighted by Crippen LogP contribution is 2.24. The number of anilines is 1. The molecule has 0 aliphatic carbocycles. The summed E-state index contributed by atoms with van der Waals surface area (Å²) in [4.78, 5) is 0. The van der Waals surface area contributed by atoms with E-state index in [1.165, 1.54) is 6.26 Å². The second-order valence-electron chi connectivity index (χ2n) is 3.95. The Morgan fingerprint density at radius 2 is 1.88 bits per heavy atom. The van der Waals surface area contributed by atoms with Gasteiger partial charge in [-0.15, -0.1) is 0 Å². The minimum Gasteiger partial charge on any atom is -0.492 e. The zero-order valence-electron chi connectivity index (χ0n) is 9.78. The summed E-state index contributed by atoms with van der Waals surface area (Å²) in [5.41, 5.74) is 8.30. The normalized spacial score (nSPS) is 11.4. The van der Waals surface area contributed by atoms with Gasteiger partial charge in [-0.25, -0.2) is 8.42 Å². The number of nitrogens with two attached hydrogens (primary N) is 1. The molecular formula is C11H17NO3S. The van der Waals surface area contributed by atoms with Crippen LogP contribution in [-0.4, -0.2) is 27.0 Å². The molecule has 0 bridgehead atoms. The lowest BCUT2D eigenvalue weighted by molar-refractivity contribution is 0.338. The highest BCUT2D eigenvalue weighted by molar-refractivity contribution is 7.90. The maximum absolute atomic E-state index is 10.9. The first-order valence-electron chi connectivity index (χ1n) is 4.97. The first-order valence-corrected chi connectivity index (χ1v) is 7.03. The second-order valence-corrected chi connectivity index (χ2v) is 6.21. The van der Waals surface area contributed by atoms with Crippen molar-refractivity contribution in [2.75, 3.05) is 24.3 Å². The Morgan fingerprint density at radius 3 is 2.44 bits per heavy atom. The van der Waals surface area contributed by atoms with Crippen molar-refractivity contribution < 1.29 is 13.2 Å². The summed E-state index contributed by atoms with van der Waals surface area (Å²) in [6.07, 6.45) is 1.19. The number of hydrogen-bond acceptors (Lipinski definition) is 4. The smallest absolute Gasteiger partial charge is 0.150 e. The first kappa shape index (κ1) is 12.8. The molecule has 0 amide bonds. The van der Waals surface area contributed by atoms with E-state index in [1.54, 1.807) is 0 Å². The third-order valence-electron chi connectivity index (χ3n) is 2.28. The third-order valence-corrected chi connectivity index (χ3v) is 3.18. The fourth-order valence-corrected chi connectivity index (χ4v) is 1.66. The fourth-order valence-electron chi connectivity index (χ4n) is 1.27. The molecule has 1 aromatic carbocycles. The number of sulfone groups is 1. The van der Waals surface area contributed by atoms with Gasteiger partial charge in [0.2, 0.25) is 0 Å². The van der Waals surface area contributed by atoms with E-state index < -0.39 is 9.84 Å². The number of ether oxygens (including phenoxy) is 1. The van der Waals surface area contributed by atoms with Crippen LogP contribution in [0.4, 0.5) is 5.69 Å². The Kier molecular flexibility index (Phi) is 3.80. The molecule has 4 nitrogen and oxygen atoms in total. The zero-order chi connectivity index (χ0) is 12.3. The van der Waals surface area contributed by atoms with E-state index in [2.05, 4.69) is 0 Å². The monoisotopic (exact) mass is 243 g/mol. The van der Waals surface area contributed by atoms with Crippen LogP contribution < -0.4 is 10.5 Å². The van der Waals surface area contributed by atoms with E-state index in [1.807, 2.05) is 26.0 Å². The van der Waals surface area contributed by atoms with Crippen molar-refractivity contribution in [2.45, 2.75) is 13.8 Å². The van der Waals surface area contributed by atoms with E-state index in [9.17, 15) is 8.42 Å². The maximum Gasteiger partial charge on any atom is 0.150 e. The van der Waals surface area contributed by atoms with Gasteiger partial charge in [0.25, 0.3) is 0 Å². The lowest BCUT2D eigenvalue weighted by Crippen LogP contribution is -2.12. The van der Waals surface area contributed by atoms with Crippen molar-refractivity contribution in [1.82, 2.24) is 0 Å². The Bertz CT molecular complexity index is 480. The van der Waals surface area contributed by atoms with Crippen molar-refractivity contribution in [1.29, 1.82) is 0 Å². The van der Waals surface area contributed by atoms with Gasteiger partial charge >= 0.3 is 0 Å². The average Bonchev–Trinajstić information content (AvgIpc) is 2.11. The predicted octanol–water partition coefficient (Wildman–Crippen LogP) is 1.31. The topological polar surface area (TPSA) is 69.4 Å². The minimum absolute atomic E-state index is 0.0237. The molecule has 0 unspecified atom stereocenters. The van der Waals surface area contributed by atoms with Gasteiger partial charge in [0.05, 0.1) is 5.75 Å². The zero-order valence-corrected chi connectivity index (χ0v) is 10.6. The Labute approximate surface area is 96.3 Å². The van der Waals surface area contributed by atoms with E-state index in [-0.39, 0.29) is 12.4 Å². The molecule has 0 aliphatic rings. The van der Waals surface area contributed by atoms with Crippen LogP contribution in [0.3, 0.4) is 0 Å². The lowest BCUT2D eigenvalue weighted by atomic mass is 10.1.